The Bertz CT molecular complexity index is 1460. The van der Waals surface area contributed by atoms with Crippen LogP contribution >= 0.6 is 0 Å². The fourth-order valence-corrected chi connectivity index (χ4v) is 6.71. The molecule has 0 amide bonds. The monoisotopic (exact) mass is 572 g/mol. The molecule has 5 rings (SSSR count). The summed E-state index contributed by atoms with van der Waals surface area (Å²) >= 11 is 0. The molecule has 3 aromatic rings. The number of benzene rings is 2. The highest BCUT2D eigenvalue weighted by molar-refractivity contribution is 7.89. The molecule has 2 aliphatic rings. The van der Waals surface area contributed by atoms with Gasteiger partial charge in [-0.1, -0.05) is 0 Å². The first-order valence-corrected chi connectivity index (χ1v) is 14.9. The Morgan fingerprint density at radius 2 is 1.73 bits per heavy atom. The summed E-state index contributed by atoms with van der Waals surface area (Å²) in [6, 6.07) is 10.9. The largest absolute Gasteiger partial charge is 0.388 e. The number of aliphatic hydroxyl groups is 1. The van der Waals surface area contributed by atoms with E-state index in [4.69, 9.17) is 0 Å². The molecule has 2 aliphatic heterocycles. The number of halogens is 2. The van der Waals surface area contributed by atoms with Gasteiger partial charge in [0.25, 0.3) is 0 Å². The van der Waals surface area contributed by atoms with E-state index in [2.05, 4.69) is 32.4 Å². The molecule has 1 atom stereocenters. The number of rotatable bonds is 8. The Kier molecular flexibility index (Phi) is 8.05. The molecule has 214 valence electrons. The van der Waals surface area contributed by atoms with E-state index in [-0.39, 0.29) is 35.6 Å². The number of β-amino-alcohol motifs (C(OH)–C–C–N with tert-alkyl or cyclic N) is 1. The van der Waals surface area contributed by atoms with Crippen molar-refractivity contribution in [2.24, 2.45) is 0 Å². The van der Waals surface area contributed by atoms with Crippen LogP contribution in [0.1, 0.15) is 38.2 Å². The minimum Gasteiger partial charge on any atom is -0.388 e. The number of likely N-dealkylation sites (tertiary alicyclic amines) is 1. The summed E-state index contributed by atoms with van der Waals surface area (Å²) in [6.07, 6.45) is 4.05. The first-order chi connectivity index (χ1) is 19.0. The molecule has 2 fully saturated rings. The SMILES string of the molecule is Cc1cc(Nc2nc(Nc3ccc(S(=O)(=O)N4CCC(O)(CN5CCC[C@@H]5C)CC4)cc3)ncc2F)ccc1F. The van der Waals surface area contributed by atoms with Crippen molar-refractivity contribution in [2.45, 2.75) is 56.1 Å². The van der Waals surface area contributed by atoms with E-state index in [0.717, 1.165) is 25.6 Å². The molecule has 3 heterocycles. The zero-order valence-electron chi connectivity index (χ0n) is 22.6. The number of piperidine rings is 1. The number of aryl methyl sites for hydroxylation is 1. The van der Waals surface area contributed by atoms with Gasteiger partial charge in [0.15, 0.2) is 11.6 Å². The van der Waals surface area contributed by atoms with Crippen molar-refractivity contribution in [3.05, 3.63) is 65.9 Å². The summed E-state index contributed by atoms with van der Waals surface area (Å²) in [6.45, 7) is 5.84. The summed E-state index contributed by atoms with van der Waals surface area (Å²) in [5, 5.41) is 16.9. The van der Waals surface area contributed by atoms with Gasteiger partial charge in [-0.25, -0.2) is 22.2 Å². The number of aromatic nitrogens is 2. The number of nitrogens with one attached hydrogen (secondary N) is 2. The number of nitrogens with zero attached hydrogens (tertiary/aromatic N) is 4. The fraction of sp³-hybridized carbons (Fsp3) is 0.429. The molecule has 40 heavy (non-hydrogen) atoms. The molecule has 9 nitrogen and oxygen atoms in total. The topological polar surface area (TPSA) is 111 Å². The van der Waals surface area contributed by atoms with Gasteiger partial charge in [0, 0.05) is 37.1 Å². The van der Waals surface area contributed by atoms with E-state index in [9.17, 15) is 22.3 Å². The van der Waals surface area contributed by atoms with Crippen LogP contribution in [0.2, 0.25) is 0 Å². The Morgan fingerprint density at radius 1 is 1.02 bits per heavy atom. The lowest BCUT2D eigenvalue weighted by Gasteiger charge is -2.40. The summed E-state index contributed by atoms with van der Waals surface area (Å²) in [4.78, 5) is 10.6. The average molecular weight is 573 g/mol. The maximum absolute atomic E-state index is 14.3. The molecule has 0 aliphatic carbocycles. The van der Waals surface area contributed by atoms with Gasteiger partial charge in [-0.05, 0) is 94.1 Å². The van der Waals surface area contributed by atoms with E-state index in [1.165, 1.54) is 28.6 Å². The molecule has 3 N–H and O–H groups in total. The van der Waals surface area contributed by atoms with E-state index in [1.807, 2.05) is 0 Å². The summed E-state index contributed by atoms with van der Waals surface area (Å²) < 4.78 is 55.9. The van der Waals surface area contributed by atoms with Crippen LogP contribution in [0.3, 0.4) is 0 Å². The Morgan fingerprint density at radius 3 is 2.38 bits per heavy atom. The van der Waals surface area contributed by atoms with Crippen molar-refractivity contribution >= 4 is 33.2 Å². The molecule has 12 heteroatoms. The minimum atomic E-state index is -3.73. The zero-order valence-corrected chi connectivity index (χ0v) is 23.4. The quantitative estimate of drug-likeness (QED) is 0.361. The smallest absolute Gasteiger partial charge is 0.243 e. The fourth-order valence-electron chi connectivity index (χ4n) is 5.27. The second-order valence-corrected chi connectivity index (χ2v) is 12.7. The Hall–Kier alpha value is -3.19. The van der Waals surface area contributed by atoms with Gasteiger partial charge in [-0.15, -0.1) is 0 Å². The zero-order chi connectivity index (χ0) is 28.5. The van der Waals surface area contributed by atoms with Gasteiger partial charge in [0.05, 0.1) is 16.7 Å². The predicted molar refractivity (Wildman–Crippen MR) is 149 cm³/mol. The number of anilines is 4. The molecule has 0 bridgehead atoms. The van der Waals surface area contributed by atoms with Gasteiger partial charge < -0.3 is 15.7 Å². The van der Waals surface area contributed by atoms with E-state index in [1.54, 1.807) is 25.1 Å². The Balaban J connectivity index is 1.22. The average Bonchev–Trinajstić information content (AvgIpc) is 3.32. The molecule has 0 spiro atoms. The third-order valence-electron chi connectivity index (χ3n) is 7.75. The normalized spacial score (nSPS) is 20.0. The highest BCUT2D eigenvalue weighted by Crippen LogP contribution is 2.30. The maximum Gasteiger partial charge on any atom is 0.243 e. The first kappa shape index (κ1) is 28.3. The molecule has 2 aromatic carbocycles. The Labute approximate surface area is 233 Å². The van der Waals surface area contributed by atoms with Crippen LogP contribution < -0.4 is 10.6 Å². The predicted octanol–water partition coefficient (Wildman–Crippen LogP) is 4.55. The summed E-state index contributed by atoms with van der Waals surface area (Å²) in [7, 11) is -3.73. The van der Waals surface area contributed by atoms with Crippen molar-refractivity contribution in [3.63, 3.8) is 0 Å². The second kappa shape index (κ2) is 11.4. The number of hydrogen-bond donors (Lipinski definition) is 3. The van der Waals surface area contributed by atoms with Crippen LogP contribution in [0.25, 0.3) is 0 Å². The number of sulfonamides is 1. The van der Waals surface area contributed by atoms with Crippen molar-refractivity contribution < 1.29 is 22.3 Å². The molecular formula is C28H34F2N6O3S. The van der Waals surface area contributed by atoms with Crippen LogP contribution in [-0.4, -0.2) is 70.5 Å². The standard InChI is InChI=1S/C28H34F2N6O3S/c1-19-16-22(7-10-24(19)29)32-26-25(30)17-31-27(34-26)33-21-5-8-23(9-6-21)40(38,39)36-14-11-28(37,12-15-36)18-35-13-3-4-20(35)2/h5-10,16-17,20,37H,3-4,11-15,18H2,1-2H3,(H2,31,32,33,34)/t20-/m0/s1. The van der Waals surface area contributed by atoms with Crippen LogP contribution in [0.15, 0.2) is 53.6 Å². The van der Waals surface area contributed by atoms with Gasteiger partial charge in [0.1, 0.15) is 5.82 Å². The van der Waals surface area contributed by atoms with Gasteiger partial charge >= 0.3 is 0 Å². The molecular weight excluding hydrogens is 538 g/mol. The van der Waals surface area contributed by atoms with E-state index < -0.39 is 21.4 Å². The van der Waals surface area contributed by atoms with Gasteiger partial charge in [0.2, 0.25) is 16.0 Å². The lowest BCUT2D eigenvalue weighted by atomic mass is 9.91. The summed E-state index contributed by atoms with van der Waals surface area (Å²) in [5.74, 6) is -1.04. The van der Waals surface area contributed by atoms with Crippen molar-refractivity contribution in [1.29, 1.82) is 0 Å². The third-order valence-corrected chi connectivity index (χ3v) is 9.67. The molecule has 0 unspecified atom stereocenters. The molecule has 1 aromatic heterocycles. The van der Waals surface area contributed by atoms with Crippen molar-refractivity contribution in [3.8, 4) is 0 Å². The van der Waals surface area contributed by atoms with E-state index >= 15 is 0 Å². The highest BCUT2D eigenvalue weighted by Gasteiger charge is 2.39. The summed E-state index contributed by atoms with van der Waals surface area (Å²) in [5.41, 5.74) is 0.516. The van der Waals surface area contributed by atoms with Gasteiger partial charge in [-0.2, -0.15) is 9.29 Å². The third kappa shape index (κ3) is 6.25. The van der Waals surface area contributed by atoms with Crippen LogP contribution in [0.5, 0.6) is 0 Å². The second-order valence-electron chi connectivity index (χ2n) is 10.7. The van der Waals surface area contributed by atoms with Crippen LogP contribution in [0.4, 0.5) is 31.9 Å². The van der Waals surface area contributed by atoms with Crippen LogP contribution in [0, 0.1) is 18.6 Å². The van der Waals surface area contributed by atoms with Gasteiger partial charge in [-0.3, -0.25) is 4.90 Å². The molecule has 0 saturated carbocycles. The van der Waals surface area contributed by atoms with Crippen molar-refractivity contribution in [2.75, 3.05) is 36.8 Å². The minimum absolute atomic E-state index is 0.0908. The molecule has 2 saturated heterocycles. The van der Waals surface area contributed by atoms with E-state index in [0.29, 0.717) is 42.4 Å². The number of hydrogen-bond acceptors (Lipinski definition) is 8. The lowest BCUT2D eigenvalue weighted by Crippen LogP contribution is -2.52. The van der Waals surface area contributed by atoms with Crippen molar-refractivity contribution in [1.82, 2.24) is 19.2 Å². The van der Waals surface area contributed by atoms with Crippen LogP contribution in [-0.2, 0) is 10.0 Å². The first-order valence-electron chi connectivity index (χ1n) is 13.4. The lowest BCUT2D eigenvalue weighted by molar-refractivity contribution is -0.0342. The maximum atomic E-state index is 14.3. The molecule has 0 radical (unpaired) electrons. The highest BCUT2D eigenvalue weighted by atomic mass is 32.2.